The molecule has 0 fully saturated rings. The molecule has 8 heteroatoms. The molecule has 0 unspecified atom stereocenters. The highest BCUT2D eigenvalue weighted by molar-refractivity contribution is 6.49. The molecular formula is C12H7Cl3N2O3. The summed E-state index contributed by atoms with van der Waals surface area (Å²) in [6, 6.07) is 5.79. The number of methoxy groups -OCH3 is 1. The van der Waals surface area contributed by atoms with Crippen LogP contribution in [0.5, 0.6) is 5.75 Å². The summed E-state index contributed by atoms with van der Waals surface area (Å²) in [6.45, 7) is 0. The van der Waals surface area contributed by atoms with Crippen molar-refractivity contribution in [2.45, 2.75) is 0 Å². The fraction of sp³-hybridized carbons (Fsp3) is 0.0833. The van der Waals surface area contributed by atoms with Gasteiger partial charge in [-0.3, -0.25) is 0 Å². The van der Waals surface area contributed by atoms with Crippen molar-refractivity contribution in [1.82, 2.24) is 4.98 Å². The zero-order valence-corrected chi connectivity index (χ0v) is 12.3. The number of halogens is 3. The van der Waals surface area contributed by atoms with Crippen LogP contribution in [0.25, 0.3) is 11.3 Å². The highest BCUT2D eigenvalue weighted by Crippen LogP contribution is 2.40. The third kappa shape index (κ3) is 2.65. The van der Waals surface area contributed by atoms with Gasteiger partial charge in [0.1, 0.15) is 0 Å². The van der Waals surface area contributed by atoms with E-state index in [9.17, 15) is 10.1 Å². The van der Waals surface area contributed by atoms with Gasteiger partial charge in [-0.15, -0.1) is 0 Å². The molecule has 0 saturated carbocycles. The number of nitro groups is 1. The van der Waals surface area contributed by atoms with E-state index in [0.29, 0.717) is 11.3 Å². The molecule has 1 aromatic carbocycles. The molecule has 2 aromatic rings. The summed E-state index contributed by atoms with van der Waals surface area (Å²) in [4.78, 5) is 14.1. The fourth-order valence-electron chi connectivity index (χ4n) is 1.60. The van der Waals surface area contributed by atoms with Gasteiger partial charge >= 0.3 is 5.82 Å². The average Bonchev–Trinajstić information content (AvgIpc) is 2.44. The predicted molar refractivity (Wildman–Crippen MR) is 77.9 cm³/mol. The fourth-order valence-corrected chi connectivity index (χ4v) is 2.23. The number of ether oxygens (including phenoxy) is 1. The molecule has 0 aliphatic heterocycles. The zero-order valence-electron chi connectivity index (χ0n) is 10.1. The highest BCUT2D eigenvalue weighted by atomic mass is 35.5. The van der Waals surface area contributed by atoms with E-state index >= 15 is 0 Å². The predicted octanol–water partition coefficient (Wildman–Crippen LogP) is 4.63. The van der Waals surface area contributed by atoms with Gasteiger partial charge in [0.25, 0.3) is 0 Å². The minimum Gasteiger partial charge on any atom is -0.492 e. The van der Waals surface area contributed by atoms with E-state index in [1.54, 1.807) is 6.07 Å². The first-order valence-electron chi connectivity index (χ1n) is 5.29. The van der Waals surface area contributed by atoms with Gasteiger partial charge in [-0.2, -0.15) is 0 Å². The van der Waals surface area contributed by atoms with Crippen LogP contribution in [0.1, 0.15) is 0 Å². The molecule has 2 rings (SSSR count). The summed E-state index contributed by atoms with van der Waals surface area (Å²) in [7, 11) is 1.43. The minimum atomic E-state index is -0.603. The molecule has 0 bridgehead atoms. The molecule has 0 amide bonds. The van der Waals surface area contributed by atoms with Gasteiger partial charge < -0.3 is 14.9 Å². The second-order valence-electron chi connectivity index (χ2n) is 3.70. The summed E-state index contributed by atoms with van der Waals surface area (Å²) >= 11 is 17.9. The first-order chi connectivity index (χ1) is 9.45. The number of rotatable bonds is 3. The Morgan fingerprint density at radius 3 is 2.45 bits per heavy atom. The largest absolute Gasteiger partial charge is 0.492 e. The quantitative estimate of drug-likeness (QED) is 0.467. The Morgan fingerprint density at radius 2 is 1.85 bits per heavy atom. The Kier molecular flexibility index (Phi) is 4.32. The first kappa shape index (κ1) is 14.8. The van der Waals surface area contributed by atoms with Gasteiger partial charge in [-0.1, -0.05) is 34.8 Å². The lowest BCUT2D eigenvalue weighted by Crippen LogP contribution is -1.97. The van der Waals surface area contributed by atoms with Crippen molar-refractivity contribution in [1.29, 1.82) is 0 Å². The highest BCUT2D eigenvalue weighted by Gasteiger charge is 2.22. The molecule has 0 N–H and O–H groups in total. The van der Waals surface area contributed by atoms with E-state index in [0.717, 1.165) is 0 Å². The lowest BCUT2D eigenvalue weighted by Gasteiger charge is -2.07. The molecule has 1 aromatic heterocycles. The van der Waals surface area contributed by atoms with Gasteiger partial charge in [-0.25, -0.2) is 0 Å². The summed E-state index contributed by atoms with van der Waals surface area (Å²) in [5.41, 5.74) is 0.631. The normalized spacial score (nSPS) is 10.4. The van der Waals surface area contributed by atoms with E-state index < -0.39 is 4.92 Å². The Hall–Kier alpha value is -1.56. The molecule has 0 spiro atoms. The second kappa shape index (κ2) is 5.83. The minimum absolute atomic E-state index is 0.154. The molecule has 0 aliphatic rings. The summed E-state index contributed by atoms with van der Waals surface area (Å²) in [6.07, 6.45) is 0. The van der Waals surface area contributed by atoms with Crippen LogP contribution < -0.4 is 4.74 Å². The number of benzene rings is 1. The molecule has 0 radical (unpaired) electrons. The Balaban J connectivity index is 2.70. The van der Waals surface area contributed by atoms with E-state index in [-0.39, 0.29) is 26.6 Å². The maximum Gasteiger partial charge on any atom is 0.364 e. The Labute approximate surface area is 129 Å². The van der Waals surface area contributed by atoms with Crippen molar-refractivity contribution < 1.29 is 9.66 Å². The van der Waals surface area contributed by atoms with Crippen LogP contribution in [0, 0.1) is 10.1 Å². The van der Waals surface area contributed by atoms with Gasteiger partial charge in [0.2, 0.25) is 5.69 Å². The molecule has 1 heterocycles. The van der Waals surface area contributed by atoms with Crippen LogP contribution in [0.4, 0.5) is 5.82 Å². The van der Waals surface area contributed by atoms with Crippen molar-refractivity contribution in [3.8, 4) is 17.0 Å². The maximum atomic E-state index is 10.8. The van der Waals surface area contributed by atoms with Crippen LogP contribution in [0.3, 0.4) is 0 Å². The van der Waals surface area contributed by atoms with Gasteiger partial charge in [0.05, 0.1) is 27.7 Å². The summed E-state index contributed by atoms with van der Waals surface area (Å²) in [5.74, 6) is 0.0267. The lowest BCUT2D eigenvalue weighted by molar-refractivity contribution is -0.389. The smallest absolute Gasteiger partial charge is 0.364 e. The van der Waals surface area contributed by atoms with E-state index in [1.807, 2.05) is 0 Å². The topological polar surface area (TPSA) is 65.3 Å². The zero-order chi connectivity index (χ0) is 14.9. The summed E-state index contributed by atoms with van der Waals surface area (Å²) < 4.78 is 5.14. The van der Waals surface area contributed by atoms with Crippen LogP contribution in [0.2, 0.25) is 15.1 Å². The SMILES string of the molecule is COc1ccc([N+](=O)[O-])nc1-c1ccc(Cl)c(Cl)c1Cl. The lowest BCUT2D eigenvalue weighted by atomic mass is 10.1. The third-order valence-electron chi connectivity index (χ3n) is 2.54. The summed E-state index contributed by atoms with van der Waals surface area (Å²) in [5, 5.41) is 11.4. The first-order valence-corrected chi connectivity index (χ1v) is 6.42. The van der Waals surface area contributed by atoms with Crippen LogP contribution in [-0.2, 0) is 0 Å². The molecule has 104 valence electrons. The van der Waals surface area contributed by atoms with Crippen LogP contribution >= 0.6 is 34.8 Å². The Morgan fingerprint density at radius 1 is 1.15 bits per heavy atom. The second-order valence-corrected chi connectivity index (χ2v) is 4.86. The maximum absolute atomic E-state index is 10.8. The number of hydrogen-bond donors (Lipinski definition) is 0. The van der Waals surface area contributed by atoms with Crippen molar-refractivity contribution in [3.05, 3.63) is 49.4 Å². The van der Waals surface area contributed by atoms with Crippen molar-refractivity contribution in [2.75, 3.05) is 7.11 Å². The van der Waals surface area contributed by atoms with Crippen molar-refractivity contribution >= 4 is 40.6 Å². The third-order valence-corrected chi connectivity index (χ3v) is 3.83. The van der Waals surface area contributed by atoms with E-state index in [1.165, 1.54) is 25.3 Å². The van der Waals surface area contributed by atoms with E-state index in [2.05, 4.69) is 4.98 Å². The Bertz CT molecular complexity index is 692. The number of nitrogens with zero attached hydrogens (tertiary/aromatic N) is 2. The van der Waals surface area contributed by atoms with Crippen LogP contribution in [0.15, 0.2) is 24.3 Å². The van der Waals surface area contributed by atoms with E-state index in [4.69, 9.17) is 39.5 Å². The molecule has 5 nitrogen and oxygen atoms in total. The molecular weight excluding hydrogens is 327 g/mol. The number of pyridine rings is 1. The van der Waals surface area contributed by atoms with Crippen molar-refractivity contribution in [3.63, 3.8) is 0 Å². The molecule has 0 saturated heterocycles. The van der Waals surface area contributed by atoms with Gasteiger partial charge in [0.15, 0.2) is 5.75 Å². The molecule has 0 atom stereocenters. The average molecular weight is 334 g/mol. The molecule has 20 heavy (non-hydrogen) atoms. The van der Waals surface area contributed by atoms with Crippen LogP contribution in [-0.4, -0.2) is 17.0 Å². The van der Waals surface area contributed by atoms with Gasteiger partial charge in [0, 0.05) is 6.07 Å². The van der Waals surface area contributed by atoms with Gasteiger partial charge in [-0.05, 0) is 28.1 Å². The van der Waals surface area contributed by atoms with Crippen molar-refractivity contribution in [2.24, 2.45) is 0 Å². The standard InChI is InChI=1S/C12H7Cl3N2O3/c1-20-8-4-5-9(17(18)19)16-12(8)6-2-3-7(13)11(15)10(6)14/h2-5H,1H3. The monoisotopic (exact) mass is 332 g/mol. The number of aromatic nitrogens is 1. The number of hydrogen-bond acceptors (Lipinski definition) is 4. The molecule has 0 aliphatic carbocycles.